The average Bonchev–Trinajstić information content (AvgIpc) is 2.67. The van der Waals surface area contributed by atoms with Gasteiger partial charge in [-0.15, -0.1) is 0 Å². The lowest BCUT2D eigenvalue weighted by molar-refractivity contribution is -0.119. The zero-order valence-corrected chi connectivity index (χ0v) is 16.2. The summed E-state index contributed by atoms with van der Waals surface area (Å²) >= 11 is 0. The van der Waals surface area contributed by atoms with Gasteiger partial charge in [0.05, 0.1) is 5.52 Å². The quantitative estimate of drug-likeness (QED) is 0.458. The molecular weight excluding hydrogens is 370 g/mol. The second-order valence-electron chi connectivity index (χ2n) is 7.08. The van der Waals surface area contributed by atoms with Crippen LogP contribution in [-0.4, -0.2) is 32.8 Å². The zero-order valence-electron chi connectivity index (χ0n) is 16.2. The molecule has 0 aliphatic carbocycles. The average molecular weight is 393 g/mol. The van der Waals surface area contributed by atoms with E-state index < -0.39 is 17.9 Å². The number of nitrogens with one attached hydrogen (secondary N) is 2. The van der Waals surface area contributed by atoms with Crippen LogP contribution >= 0.6 is 0 Å². The van der Waals surface area contributed by atoms with E-state index in [2.05, 4.69) is 25.6 Å². The van der Waals surface area contributed by atoms with Gasteiger partial charge in [0.15, 0.2) is 0 Å². The van der Waals surface area contributed by atoms with Crippen molar-refractivity contribution in [3.05, 3.63) is 48.3 Å². The van der Waals surface area contributed by atoms with E-state index in [0.717, 1.165) is 10.9 Å². The molecule has 2 amide bonds. The number of primary amides is 2. The van der Waals surface area contributed by atoms with Gasteiger partial charge in [-0.2, -0.15) is 4.98 Å². The van der Waals surface area contributed by atoms with Gasteiger partial charge in [-0.25, -0.2) is 4.98 Å². The van der Waals surface area contributed by atoms with Crippen LogP contribution in [0.15, 0.2) is 42.7 Å². The standard InChI is InChI=1S/C20H23N7O2/c1-11(2)8-16(18(22)29)26-20-24-10-14(17(21)28)19(27-20)25-13-5-6-15-12(9-13)4-3-7-23-15/h3-7,9-11,16H,8H2,1-2H3,(H2,21,28)(H2,22,29)(H2,24,25,26,27). The highest BCUT2D eigenvalue weighted by Gasteiger charge is 2.19. The Labute approximate surface area is 167 Å². The molecule has 3 aromatic rings. The summed E-state index contributed by atoms with van der Waals surface area (Å²) in [5.41, 5.74) is 12.6. The van der Waals surface area contributed by atoms with Crippen LogP contribution < -0.4 is 22.1 Å². The van der Waals surface area contributed by atoms with Crippen molar-refractivity contribution < 1.29 is 9.59 Å². The maximum absolute atomic E-state index is 11.8. The number of carbonyl (C=O) groups excluding carboxylic acids is 2. The van der Waals surface area contributed by atoms with Gasteiger partial charge in [0.2, 0.25) is 11.9 Å². The molecule has 1 unspecified atom stereocenters. The molecule has 9 nitrogen and oxygen atoms in total. The van der Waals surface area contributed by atoms with Gasteiger partial charge in [-0.1, -0.05) is 19.9 Å². The molecule has 0 saturated carbocycles. The van der Waals surface area contributed by atoms with Crippen molar-refractivity contribution in [2.75, 3.05) is 10.6 Å². The van der Waals surface area contributed by atoms with Crippen LogP contribution in [0.1, 0.15) is 30.6 Å². The molecule has 9 heteroatoms. The van der Waals surface area contributed by atoms with Crippen molar-refractivity contribution >= 4 is 40.2 Å². The first-order valence-electron chi connectivity index (χ1n) is 9.18. The number of aromatic nitrogens is 3. The summed E-state index contributed by atoms with van der Waals surface area (Å²) in [4.78, 5) is 36.3. The Morgan fingerprint density at radius 2 is 1.93 bits per heavy atom. The molecule has 1 aromatic carbocycles. The first kappa shape index (κ1) is 20.0. The number of anilines is 3. The van der Waals surface area contributed by atoms with Crippen LogP contribution in [0, 0.1) is 5.92 Å². The van der Waals surface area contributed by atoms with Crippen LogP contribution in [0.25, 0.3) is 10.9 Å². The molecule has 0 spiro atoms. The number of amides is 2. The molecule has 3 rings (SSSR count). The fourth-order valence-corrected chi connectivity index (χ4v) is 2.89. The minimum Gasteiger partial charge on any atom is -0.368 e. The zero-order chi connectivity index (χ0) is 21.0. The molecule has 2 aromatic heterocycles. The van der Waals surface area contributed by atoms with E-state index in [1.54, 1.807) is 6.20 Å². The number of rotatable bonds is 8. The fraction of sp³-hybridized carbons (Fsp3) is 0.250. The lowest BCUT2D eigenvalue weighted by atomic mass is 10.0. The van der Waals surface area contributed by atoms with Crippen LogP contribution in [-0.2, 0) is 4.79 Å². The van der Waals surface area contributed by atoms with E-state index >= 15 is 0 Å². The van der Waals surface area contributed by atoms with Crippen molar-refractivity contribution in [3.8, 4) is 0 Å². The van der Waals surface area contributed by atoms with Gasteiger partial charge >= 0.3 is 0 Å². The summed E-state index contributed by atoms with van der Waals surface area (Å²) in [5.74, 6) is -0.530. The molecule has 1 atom stereocenters. The maximum Gasteiger partial charge on any atom is 0.254 e. The Kier molecular flexibility index (Phi) is 5.87. The van der Waals surface area contributed by atoms with Gasteiger partial charge < -0.3 is 22.1 Å². The number of pyridine rings is 1. The first-order chi connectivity index (χ1) is 13.8. The van der Waals surface area contributed by atoms with Crippen molar-refractivity contribution in [2.45, 2.75) is 26.3 Å². The van der Waals surface area contributed by atoms with E-state index in [4.69, 9.17) is 11.5 Å². The molecule has 29 heavy (non-hydrogen) atoms. The van der Waals surface area contributed by atoms with Gasteiger partial charge in [-0.3, -0.25) is 14.6 Å². The maximum atomic E-state index is 11.8. The number of fused-ring (bicyclic) bond motifs is 1. The fourth-order valence-electron chi connectivity index (χ4n) is 2.89. The monoisotopic (exact) mass is 393 g/mol. The molecule has 0 bridgehead atoms. The van der Waals surface area contributed by atoms with Crippen molar-refractivity contribution in [3.63, 3.8) is 0 Å². The summed E-state index contributed by atoms with van der Waals surface area (Å²) < 4.78 is 0. The number of carbonyl (C=O) groups is 2. The lowest BCUT2D eigenvalue weighted by Crippen LogP contribution is -2.37. The minimum atomic E-state index is -0.671. The summed E-state index contributed by atoms with van der Waals surface area (Å²) in [6.07, 6.45) is 3.56. The predicted octanol–water partition coefficient (Wildman–Crippen LogP) is 2.18. The highest BCUT2D eigenvalue weighted by molar-refractivity contribution is 5.98. The van der Waals surface area contributed by atoms with Crippen LogP contribution in [0.3, 0.4) is 0 Å². The van der Waals surface area contributed by atoms with Crippen molar-refractivity contribution in [1.82, 2.24) is 15.0 Å². The molecule has 0 aliphatic heterocycles. The Hall–Kier alpha value is -3.75. The number of benzene rings is 1. The number of hydrogen-bond donors (Lipinski definition) is 4. The van der Waals surface area contributed by atoms with Gasteiger partial charge in [0.25, 0.3) is 5.91 Å². The summed E-state index contributed by atoms with van der Waals surface area (Å²) in [6, 6.07) is 8.70. The predicted molar refractivity (Wildman–Crippen MR) is 112 cm³/mol. The van der Waals surface area contributed by atoms with E-state index in [-0.39, 0.29) is 23.2 Å². The van der Waals surface area contributed by atoms with E-state index in [9.17, 15) is 9.59 Å². The summed E-state index contributed by atoms with van der Waals surface area (Å²) in [5, 5.41) is 6.95. The van der Waals surface area contributed by atoms with Gasteiger partial charge in [0.1, 0.15) is 17.4 Å². The van der Waals surface area contributed by atoms with Crippen molar-refractivity contribution in [1.29, 1.82) is 0 Å². The van der Waals surface area contributed by atoms with Gasteiger partial charge in [0, 0.05) is 23.5 Å². The molecule has 0 radical (unpaired) electrons. The Bertz CT molecular complexity index is 1050. The second kappa shape index (κ2) is 8.51. The smallest absolute Gasteiger partial charge is 0.254 e. The molecule has 6 N–H and O–H groups in total. The SMILES string of the molecule is CC(C)CC(Nc1ncc(C(N)=O)c(Nc2ccc3ncccc3c2)n1)C(N)=O. The topological polar surface area (TPSA) is 149 Å². The Balaban J connectivity index is 1.91. The third-order valence-electron chi connectivity index (χ3n) is 4.27. The van der Waals surface area contributed by atoms with Crippen LogP contribution in [0.2, 0.25) is 0 Å². The molecule has 2 heterocycles. The summed E-state index contributed by atoms with van der Waals surface area (Å²) in [6.45, 7) is 3.96. The molecule has 0 saturated heterocycles. The van der Waals surface area contributed by atoms with E-state index in [1.807, 2.05) is 44.2 Å². The molecule has 0 fully saturated rings. The minimum absolute atomic E-state index is 0.126. The Morgan fingerprint density at radius 1 is 1.14 bits per heavy atom. The van der Waals surface area contributed by atoms with Crippen LogP contribution in [0.4, 0.5) is 17.5 Å². The van der Waals surface area contributed by atoms with Crippen LogP contribution in [0.5, 0.6) is 0 Å². The molecular formula is C20H23N7O2. The van der Waals surface area contributed by atoms with Crippen molar-refractivity contribution in [2.24, 2.45) is 17.4 Å². The van der Waals surface area contributed by atoms with E-state index in [1.165, 1.54) is 6.20 Å². The number of nitrogens with two attached hydrogens (primary N) is 2. The highest BCUT2D eigenvalue weighted by atomic mass is 16.1. The molecule has 150 valence electrons. The third kappa shape index (κ3) is 4.95. The Morgan fingerprint density at radius 3 is 2.62 bits per heavy atom. The number of nitrogens with zero attached hydrogens (tertiary/aromatic N) is 3. The lowest BCUT2D eigenvalue weighted by Gasteiger charge is -2.18. The third-order valence-corrected chi connectivity index (χ3v) is 4.27. The first-order valence-corrected chi connectivity index (χ1v) is 9.18. The van der Waals surface area contributed by atoms with Gasteiger partial charge in [-0.05, 0) is 36.6 Å². The molecule has 0 aliphatic rings. The largest absolute Gasteiger partial charge is 0.368 e. The number of hydrogen-bond acceptors (Lipinski definition) is 7. The van der Waals surface area contributed by atoms with E-state index in [0.29, 0.717) is 12.1 Å². The second-order valence-corrected chi connectivity index (χ2v) is 7.08. The normalized spacial score (nSPS) is 12.0. The highest BCUT2D eigenvalue weighted by Crippen LogP contribution is 2.23. The summed E-state index contributed by atoms with van der Waals surface area (Å²) in [7, 11) is 0.